The van der Waals surface area contributed by atoms with Crippen LogP contribution in [0.4, 0.5) is 0 Å². The predicted octanol–water partition coefficient (Wildman–Crippen LogP) is 4.95. The molecular formula is C19H34ClN4O5PSi. The molecule has 1 atom stereocenters. The van der Waals surface area contributed by atoms with Gasteiger partial charge >= 0.3 is 7.60 Å². The first-order valence-electron chi connectivity index (χ1n) is 10.4. The molecule has 0 aliphatic heterocycles. The minimum absolute atomic E-state index is 0.0476. The van der Waals surface area contributed by atoms with Gasteiger partial charge in [-0.25, -0.2) is 15.0 Å². The van der Waals surface area contributed by atoms with Crippen molar-refractivity contribution in [3.8, 4) is 0 Å². The molecule has 0 N–H and O–H groups in total. The van der Waals surface area contributed by atoms with E-state index in [-0.39, 0.29) is 16.4 Å². The zero-order valence-corrected chi connectivity index (χ0v) is 22.1. The minimum Gasteiger partial charge on any atom is -0.413 e. The number of halogens is 1. The van der Waals surface area contributed by atoms with Crippen LogP contribution < -0.4 is 4.84 Å². The van der Waals surface area contributed by atoms with Crippen molar-refractivity contribution < 1.29 is 22.9 Å². The number of nitrogens with zero attached hydrogens (tertiary/aromatic N) is 4. The molecule has 0 fully saturated rings. The summed E-state index contributed by atoms with van der Waals surface area (Å²) in [4.78, 5) is 18.5. The van der Waals surface area contributed by atoms with Crippen molar-refractivity contribution in [2.75, 3.05) is 26.0 Å². The highest BCUT2D eigenvalue weighted by molar-refractivity contribution is 7.53. The molecule has 9 nitrogen and oxygen atoms in total. The van der Waals surface area contributed by atoms with Crippen LogP contribution >= 0.6 is 19.2 Å². The van der Waals surface area contributed by atoms with Crippen LogP contribution in [0.25, 0.3) is 11.2 Å². The van der Waals surface area contributed by atoms with Crippen molar-refractivity contribution in [1.29, 1.82) is 0 Å². The molecule has 0 radical (unpaired) electrons. The quantitative estimate of drug-likeness (QED) is 0.233. The molecule has 2 aromatic heterocycles. The first-order valence-corrected chi connectivity index (χ1v) is 15.5. The van der Waals surface area contributed by atoms with Gasteiger partial charge in [-0.2, -0.15) is 4.73 Å². The van der Waals surface area contributed by atoms with E-state index < -0.39 is 22.0 Å². The molecule has 2 aromatic rings. The number of aromatic nitrogens is 4. The monoisotopic (exact) mass is 492 g/mol. The fourth-order valence-corrected chi connectivity index (χ4v) is 5.51. The lowest BCUT2D eigenvalue weighted by Crippen LogP contribution is -2.44. The zero-order chi connectivity index (χ0) is 23.3. The van der Waals surface area contributed by atoms with Crippen LogP contribution in [0.1, 0.15) is 41.0 Å². The summed E-state index contributed by atoms with van der Waals surface area (Å²) in [7, 11) is -5.23. The van der Waals surface area contributed by atoms with Crippen molar-refractivity contribution in [3.63, 3.8) is 0 Å². The average Bonchev–Trinajstić information content (AvgIpc) is 3.08. The first kappa shape index (κ1) is 26.2. The number of imidazole rings is 1. The highest BCUT2D eigenvalue weighted by Gasteiger charge is 2.38. The maximum absolute atomic E-state index is 12.9. The maximum atomic E-state index is 12.9. The highest BCUT2D eigenvalue weighted by Crippen LogP contribution is 2.48. The molecule has 0 spiro atoms. The van der Waals surface area contributed by atoms with Crippen LogP contribution in [0.15, 0.2) is 12.7 Å². The largest absolute Gasteiger partial charge is 0.413 e. The molecular weight excluding hydrogens is 459 g/mol. The van der Waals surface area contributed by atoms with Crippen molar-refractivity contribution >= 4 is 38.7 Å². The summed E-state index contributed by atoms with van der Waals surface area (Å²) < 4.78 is 31.6. The summed E-state index contributed by atoms with van der Waals surface area (Å²) in [6.07, 6.45) is 3.04. The third-order valence-electron chi connectivity index (χ3n) is 5.33. The van der Waals surface area contributed by atoms with Crippen LogP contribution in [0.2, 0.25) is 23.3 Å². The van der Waals surface area contributed by atoms with Gasteiger partial charge < -0.3 is 18.3 Å². The second-order valence-electron chi connectivity index (χ2n) is 8.66. The highest BCUT2D eigenvalue weighted by atomic mass is 35.5. The Morgan fingerprint density at radius 3 is 2.39 bits per heavy atom. The third kappa shape index (κ3) is 6.97. The Kier molecular flexibility index (Phi) is 9.07. The lowest BCUT2D eigenvalue weighted by molar-refractivity contribution is 0.00723. The maximum Gasteiger partial charge on any atom is 0.330 e. The molecule has 12 heteroatoms. The zero-order valence-electron chi connectivity index (χ0n) is 19.4. The van der Waals surface area contributed by atoms with E-state index in [9.17, 15) is 4.57 Å². The topological polar surface area (TPSA) is 97.6 Å². The molecule has 2 heterocycles. The molecule has 0 aliphatic rings. The van der Waals surface area contributed by atoms with Gasteiger partial charge in [-0.1, -0.05) is 32.4 Å². The summed E-state index contributed by atoms with van der Waals surface area (Å²) in [6.45, 7) is 15.4. The first-order chi connectivity index (χ1) is 14.4. The molecule has 31 heavy (non-hydrogen) atoms. The van der Waals surface area contributed by atoms with Crippen molar-refractivity contribution in [1.82, 2.24) is 19.7 Å². The number of fused-ring (bicyclic) bond motifs is 1. The summed E-state index contributed by atoms with van der Waals surface area (Å²) in [5, 5.41) is 0.296. The van der Waals surface area contributed by atoms with Crippen molar-refractivity contribution in [2.45, 2.75) is 65.3 Å². The van der Waals surface area contributed by atoms with Crippen LogP contribution in [0.5, 0.6) is 0 Å². The Bertz CT molecular complexity index is 895. The van der Waals surface area contributed by atoms with Crippen molar-refractivity contribution in [2.24, 2.45) is 0 Å². The van der Waals surface area contributed by atoms with Crippen LogP contribution in [0, 0.1) is 0 Å². The number of hydrogen-bond donors (Lipinski definition) is 0. The second-order valence-corrected chi connectivity index (χ2v) is 16.0. The van der Waals surface area contributed by atoms with Crippen LogP contribution in [0.3, 0.4) is 0 Å². The van der Waals surface area contributed by atoms with E-state index in [0.717, 1.165) is 0 Å². The third-order valence-corrected chi connectivity index (χ3v) is 12.2. The number of hydrogen-bond acceptors (Lipinski definition) is 8. The SMILES string of the molecule is CCOP(=O)(CCC(CO[Si](C)(C)C(C)(C)C)On1cnc2c(Cl)ncnc21)OCC. The van der Waals surface area contributed by atoms with Crippen LogP contribution in [-0.4, -0.2) is 60.1 Å². The van der Waals surface area contributed by atoms with Gasteiger partial charge in [0.15, 0.2) is 13.5 Å². The summed E-state index contributed by atoms with van der Waals surface area (Å²) >= 11 is 6.10. The average molecular weight is 493 g/mol. The summed E-state index contributed by atoms with van der Waals surface area (Å²) in [6, 6.07) is 0. The van der Waals surface area contributed by atoms with E-state index in [1.807, 2.05) is 0 Å². The lowest BCUT2D eigenvalue weighted by atomic mass is 10.2. The molecule has 2 rings (SSSR count). The molecule has 0 aromatic carbocycles. The van der Waals surface area contributed by atoms with Gasteiger partial charge in [0, 0.05) is 6.42 Å². The fraction of sp³-hybridized carbons (Fsp3) is 0.737. The van der Waals surface area contributed by atoms with E-state index in [0.29, 0.717) is 37.4 Å². The minimum atomic E-state index is -3.21. The van der Waals surface area contributed by atoms with Gasteiger partial charge in [0.1, 0.15) is 24.3 Å². The Hall–Kier alpha value is -1.03. The molecule has 0 bridgehead atoms. The van der Waals surface area contributed by atoms with Gasteiger partial charge in [0.25, 0.3) is 0 Å². The van der Waals surface area contributed by atoms with E-state index >= 15 is 0 Å². The molecule has 0 amide bonds. The molecule has 176 valence electrons. The van der Waals surface area contributed by atoms with Gasteiger partial charge in [-0.05, 0) is 32.0 Å². The van der Waals surface area contributed by atoms with Gasteiger partial charge in [0.2, 0.25) is 5.65 Å². The lowest BCUT2D eigenvalue weighted by Gasteiger charge is -2.37. The van der Waals surface area contributed by atoms with E-state index in [1.165, 1.54) is 17.4 Å². The predicted molar refractivity (Wildman–Crippen MR) is 124 cm³/mol. The fourth-order valence-electron chi connectivity index (χ4n) is 2.57. The Balaban J connectivity index is 2.22. The molecule has 0 aliphatic carbocycles. The van der Waals surface area contributed by atoms with Gasteiger partial charge in [0.05, 0.1) is 26.0 Å². The Labute approximate surface area is 190 Å². The standard InChI is InChI=1S/C19H34ClN4O5PSi/c1-8-26-30(25,27-9-2)11-10-15(12-28-31(6,7)19(3,4)5)29-24-14-23-16-17(20)21-13-22-18(16)24/h13-15H,8-12H2,1-7H3. The molecule has 0 saturated heterocycles. The van der Waals surface area contributed by atoms with Gasteiger partial charge in [-0.15, -0.1) is 0 Å². The van der Waals surface area contributed by atoms with E-state index in [1.54, 1.807) is 13.8 Å². The van der Waals surface area contributed by atoms with Crippen molar-refractivity contribution in [3.05, 3.63) is 17.8 Å². The number of rotatable bonds is 12. The molecule has 0 saturated carbocycles. The van der Waals surface area contributed by atoms with E-state index in [4.69, 9.17) is 29.9 Å². The second kappa shape index (κ2) is 10.7. The summed E-state index contributed by atoms with van der Waals surface area (Å²) in [5.74, 6) is 0. The smallest absolute Gasteiger partial charge is 0.330 e. The summed E-state index contributed by atoms with van der Waals surface area (Å²) in [5.41, 5.74) is 0.901. The van der Waals surface area contributed by atoms with Crippen LogP contribution in [-0.2, 0) is 18.0 Å². The molecule has 1 unspecified atom stereocenters. The van der Waals surface area contributed by atoms with E-state index in [2.05, 4.69) is 48.8 Å². The Morgan fingerprint density at radius 1 is 1.16 bits per heavy atom. The Morgan fingerprint density at radius 2 is 1.81 bits per heavy atom. The van der Waals surface area contributed by atoms with Gasteiger partial charge in [-0.3, -0.25) is 4.57 Å². The normalized spacial score (nSPS) is 14.2.